The molecule has 52 heavy (non-hydrogen) atoms. The summed E-state index contributed by atoms with van der Waals surface area (Å²) < 4.78 is 0. The molecule has 0 radical (unpaired) electrons. The second-order valence-electron chi connectivity index (χ2n) is 13.4. The first-order valence-corrected chi connectivity index (χ1v) is 17.6. The van der Waals surface area contributed by atoms with Crippen LogP contribution in [0.5, 0.6) is 0 Å². The summed E-state index contributed by atoms with van der Waals surface area (Å²) in [5.74, 6) is 0. The number of benzene rings is 8. The average Bonchev–Trinajstić information content (AvgIpc) is 3.56. The molecule has 1 aliphatic rings. The Morgan fingerprint density at radius 2 is 0.788 bits per heavy atom. The number of pyridine rings is 1. The zero-order valence-corrected chi connectivity index (χ0v) is 28.2. The largest absolute Gasteiger partial charge is 0.248 e. The SMILES string of the molecule is N#Cc1ccc(-c2ccc3c4c(ccc(-c5ccc(-c6cc(-c7ccccc7)cc(-c7ccccc7)n6)cc5)c24)-c2ccccc2-3)c2ccccc12. The molecular formula is C50H30N2. The molecule has 0 fully saturated rings. The van der Waals surface area contributed by atoms with Gasteiger partial charge in [0.25, 0.3) is 0 Å². The topological polar surface area (TPSA) is 36.7 Å². The third-order valence-electron chi connectivity index (χ3n) is 10.5. The van der Waals surface area contributed by atoms with Crippen molar-refractivity contribution >= 4 is 21.5 Å². The Hall–Kier alpha value is -7.08. The van der Waals surface area contributed by atoms with Crippen molar-refractivity contribution in [2.75, 3.05) is 0 Å². The molecule has 0 aliphatic heterocycles. The van der Waals surface area contributed by atoms with E-state index in [9.17, 15) is 5.26 Å². The van der Waals surface area contributed by atoms with Gasteiger partial charge in [0.15, 0.2) is 0 Å². The van der Waals surface area contributed by atoms with Crippen LogP contribution in [0.3, 0.4) is 0 Å². The maximum Gasteiger partial charge on any atom is 0.0998 e. The number of fused-ring (bicyclic) bond motifs is 4. The van der Waals surface area contributed by atoms with E-state index in [0.717, 1.165) is 61.1 Å². The number of nitriles is 1. The second-order valence-corrected chi connectivity index (χ2v) is 13.4. The van der Waals surface area contributed by atoms with Crippen molar-refractivity contribution in [3.8, 4) is 84.2 Å². The lowest BCUT2D eigenvalue weighted by atomic mass is 9.86. The van der Waals surface area contributed by atoms with Gasteiger partial charge in [0.2, 0.25) is 0 Å². The highest BCUT2D eigenvalue weighted by Gasteiger charge is 2.25. The normalized spacial score (nSPS) is 11.4. The number of aromatic nitrogens is 1. The van der Waals surface area contributed by atoms with Crippen LogP contribution in [0, 0.1) is 11.3 Å². The van der Waals surface area contributed by atoms with E-state index in [1.807, 2.05) is 18.2 Å². The van der Waals surface area contributed by atoms with Crippen LogP contribution in [-0.4, -0.2) is 4.98 Å². The third-order valence-corrected chi connectivity index (χ3v) is 10.5. The fourth-order valence-electron chi connectivity index (χ4n) is 8.05. The van der Waals surface area contributed by atoms with E-state index in [2.05, 4.69) is 170 Å². The molecule has 0 spiro atoms. The Morgan fingerprint density at radius 3 is 1.42 bits per heavy atom. The van der Waals surface area contributed by atoms with Gasteiger partial charge in [-0.25, -0.2) is 4.98 Å². The molecule has 0 bridgehead atoms. The van der Waals surface area contributed by atoms with Gasteiger partial charge in [0.1, 0.15) is 0 Å². The summed E-state index contributed by atoms with van der Waals surface area (Å²) in [4.78, 5) is 5.18. The number of hydrogen-bond donors (Lipinski definition) is 0. The van der Waals surface area contributed by atoms with Crippen molar-refractivity contribution < 1.29 is 0 Å². The van der Waals surface area contributed by atoms with Crippen molar-refractivity contribution in [3.05, 3.63) is 188 Å². The minimum Gasteiger partial charge on any atom is -0.248 e. The Bertz CT molecular complexity index is 2790. The zero-order valence-electron chi connectivity index (χ0n) is 28.2. The van der Waals surface area contributed by atoms with Crippen molar-refractivity contribution in [1.82, 2.24) is 4.98 Å². The molecule has 1 heterocycles. The number of nitrogens with zero attached hydrogens (tertiary/aromatic N) is 2. The van der Waals surface area contributed by atoms with E-state index in [1.54, 1.807) is 0 Å². The molecule has 2 nitrogen and oxygen atoms in total. The Labute approximate surface area is 302 Å². The first kappa shape index (κ1) is 29.8. The third kappa shape index (κ3) is 4.76. The second kappa shape index (κ2) is 12.1. The van der Waals surface area contributed by atoms with Gasteiger partial charge in [0, 0.05) is 16.5 Å². The van der Waals surface area contributed by atoms with Gasteiger partial charge in [-0.3, -0.25) is 0 Å². The summed E-state index contributed by atoms with van der Waals surface area (Å²) in [6.45, 7) is 0. The summed E-state index contributed by atoms with van der Waals surface area (Å²) >= 11 is 0. The fourth-order valence-corrected chi connectivity index (χ4v) is 8.05. The highest BCUT2D eigenvalue weighted by Crippen LogP contribution is 2.52. The van der Waals surface area contributed by atoms with Crippen LogP contribution in [0.1, 0.15) is 5.56 Å². The molecule has 0 atom stereocenters. The van der Waals surface area contributed by atoms with Crippen LogP contribution in [-0.2, 0) is 0 Å². The highest BCUT2D eigenvalue weighted by atomic mass is 14.7. The summed E-state index contributed by atoms with van der Waals surface area (Å²) in [6.07, 6.45) is 0. The summed E-state index contributed by atoms with van der Waals surface area (Å²) in [7, 11) is 0. The first-order valence-electron chi connectivity index (χ1n) is 17.6. The standard InChI is InChI=1S/C50H30N2/c51-31-36-23-24-43(40-16-8-7-15-38(36)40)46-28-27-45-42-18-10-9-17-41(42)44-26-25-39(49(46)50(44)45)33-19-21-35(22-20-33)48-30-37(32-11-3-1-4-12-32)29-47(52-48)34-13-5-2-6-14-34/h1-30H. The van der Waals surface area contributed by atoms with Crippen molar-refractivity contribution in [1.29, 1.82) is 5.26 Å². The molecule has 1 aromatic heterocycles. The van der Waals surface area contributed by atoms with Gasteiger partial charge >= 0.3 is 0 Å². The summed E-state index contributed by atoms with van der Waals surface area (Å²) in [6, 6.07) is 66.8. The van der Waals surface area contributed by atoms with E-state index >= 15 is 0 Å². The zero-order chi connectivity index (χ0) is 34.6. The van der Waals surface area contributed by atoms with Gasteiger partial charge in [-0.1, -0.05) is 164 Å². The molecule has 9 aromatic rings. The van der Waals surface area contributed by atoms with Crippen LogP contribution in [0.15, 0.2) is 182 Å². The van der Waals surface area contributed by atoms with E-state index in [-0.39, 0.29) is 0 Å². The smallest absolute Gasteiger partial charge is 0.0998 e. The van der Waals surface area contributed by atoms with Gasteiger partial charge in [0.05, 0.1) is 23.0 Å². The van der Waals surface area contributed by atoms with Gasteiger partial charge in [-0.05, 0) is 90.0 Å². The molecule has 2 heteroatoms. The monoisotopic (exact) mass is 658 g/mol. The minimum atomic E-state index is 0.689. The van der Waals surface area contributed by atoms with E-state index in [1.165, 1.54) is 38.6 Å². The molecular weight excluding hydrogens is 629 g/mol. The molecule has 0 saturated carbocycles. The quantitative estimate of drug-likeness (QED) is 0.184. The van der Waals surface area contributed by atoms with Gasteiger partial charge in [-0.2, -0.15) is 5.26 Å². The number of hydrogen-bond acceptors (Lipinski definition) is 2. The predicted molar refractivity (Wildman–Crippen MR) is 216 cm³/mol. The summed E-state index contributed by atoms with van der Waals surface area (Å²) in [5, 5.41) is 14.5. The van der Waals surface area contributed by atoms with Crippen molar-refractivity contribution in [3.63, 3.8) is 0 Å². The van der Waals surface area contributed by atoms with E-state index in [0.29, 0.717) is 5.56 Å². The van der Waals surface area contributed by atoms with Crippen LogP contribution in [0.25, 0.3) is 99.7 Å². The lowest BCUT2D eigenvalue weighted by Crippen LogP contribution is -1.92. The maximum absolute atomic E-state index is 9.94. The van der Waals surface area contributed by atoms with Crippen LogP contribution >= 0.6 is 0 Å². The molecule has 0 saturated heterocycles. The minimum absolute atomic E-state index is 0.689. The van der Waals surface area contributed by atoms with E-state index in [4.69, 9.17) is 4.98 Å². The highest BCUT2D eigenvalue weighted by molar-refractivity contribution is 6.23. The average molecular weight is 659 g/mol. The summed E-state index contributed by atoms with van der Waals surface area (Å²) in [5.41, 5.74) is 16.7. The van der Waals surface area contributed by atoms with Gasteiger partial charge < -0.3 is 0 Å². The Balaban J connectivity index is 1.17. The molecule has 240 valence electrons. The van der Waals surface area contributed by atoms with Crippen molar-refractivity contribution in [2.24, 2.45) is 0 Å². The fraction of sp³-hybridized carbons (Fsp3) is 0. The molecule has 0 unspecified atom stereocenters. The predicted octanol–water partition coefficient (Wildman–Crippen LogP) is 13.2. The lowest BCUT2D eigenvalue weighted by Gasteiger charge is -2.17. The lowest BCUT2D eigenvalue weighted by molar-refractivity contribution is 1.32. The molecule has 1 aliphatic carbocycles. The van der Waals surface area contributed by atoms with Crippen LogP contribution in [0.4, 0.5) is 0 Å². The maximum atomic E-state index is 9.94. The Morgan fingerprint density at radius 1 is 0.327 bits per heavy atom. The van der Waals surface area contributed by atoms with Crippen LogP contribution in [0.2, 0.25) is 0 Å². The molecule has 10 rings (SSSR count). The van der Waals surface area contributed by atoms with E-state index < -0.39 is 0 Å². The molecule has 0 N–H and O–H groups in total. The number of rotatable bonds is 5. The Kier molecular flexibility index (Phi) is 6.91. The van der Waals surface area contributed by atoms with Crippen LogP contribution < -0.4 is 0 Å². The molecule has 0 amide bonds. The van der Waals surface area contributed by atoms with Crippen molar-refractivity contribution in [2.45, 2.75) is 0 Å². The molecule has 8 aromatic carbocycles. The first-order chi connectivity index (χ1) is 25.7. The van der Waals surface area contributed by atoms with Gasteiger partial charge in [-0.15, -0.1) is 0 Å².